The van der Waals surface area contributed by atoms with Gasteiger partial charge in [0.1, 0.15) is 11.8 Å². The van der Waals surface area contributed by atoms with E-state index >= 15 is 0 Å². The molecule has 5 heteroatoms. The summed E-state index contributed by atoms with van der Waals surface area (Å²) >= 11 is 0. The summed E-state index contributed by atoms with van der Waals surface area (Å²) in [6.07, 6.45) is 1.05. The lowest BCUT2D eigenvalue weighted by Gasteiger charge is -2.15. The van der Waals surface area contributed by atoms with E-state index in [9.17, 15) is 19.5 Å². The molecule has 1 atom stereocenters. The number of ketones is 1. The summed E-state index contributed by atoms with van der Waals surface area (Å²) in [6, 6.07) is 14.7. The first-order chi connectivity index (χ1) is 12.0. The highest BCUT2D eigenvalue weighted by molar-refractivity contribution is 5.96. The Morgan fingerprint density at radius 2 is 1.56 bits per heavy atom. The van der Waals surface area contributed by atoms with Crippen LogP contribution in [-0.4, -0.2) is 28.8 Å². The van der Waals surface area contributed by atoms with Gasteiger partial charge in [0.25, 0.3) is 5.91 Å². The van der Waals surface area contributed by atoms with Crippen LogP contribution in [0.25, 0.3) is 0 Å². The van der Waals surface area contributed by atoms with Gasteiger partial charge in [-0.1, -0.05) is 49.4 Å². The SMILES string of the molecule is CCC(=O)Cc1ccc(CC(NC(=O)c2ccccc2)C(=O)O)cc1. The van der Waals surface area contributed by atoms with Gasteiger partial charge in [0.2, 0.25) is 0 Å². The molecule has 0 saturated heterocycles. The molecule has 1 amide bonds. The molecule has 5 nitrogen and oxygen atoms in total. The molecule has 2 rings (SSSR count). The Morgan fingerprint density at radius 3 is 2.12 bits per heavy atom. The van der Waals surface area contributed by atoms with E-state index < -0.39 is 17.9 Å². The van der Waals surface area contributed by atoms with Gasteiger partial charge in [-0.15, -0.1) is 0 Å². The fourth-order valence-electron chi connectivity index (χ4n) is 2.41. The first kappa shape index (κ1) is 18.4. The third-order valence-electron chi connectivity index (χ3n) is 3.90. The first-order valence-corrected chi connectivity index (χ1v) is 8.17. The standard InChI is InChI=1S/C20H21NO4/c1-2-17(22)12-14-8-10-15(11-9-14)13-18(20(24)25)21-19(23)16-6-4-3-5-7-16/h3-11,18H,2,12-13H2,1H3,(H,21,23)(H,24,25). The first-order valence-electron chi connectivity index (χ1n) is 8.17. The van der Waals surface area contributed by atoms with E-state index in [1.165, 1.54) is 0 Å². The molecule has 2 aromatic rings. The molecule has 1 unspecified atom stereocenters. The highest BCUT2D eigenvalue weighted by Gasteiger charge is 2.21. The quantitative estimate of drug-likeness (QED) is 0.774. The summed E-state index contributed by atoms with van der Waals surface area (Å²) < 4.78 is 0. The predicted molar refractivity (Wildman–Crippen MR) is 94.5 cm³/mol. The summed E-state index contributed by atoms with van der Waals surface area (Å²) in [6.45, 7) is 1.82. The van der Waals surface area contributed by atoms with Crippen LogP contribution in [-0.2, 0) is 22.4 Å². The third kappa shape index (κ3) is 5.57. The van der Waals surface area contributed by atoms with E-state index in [2.05, 4.69) is 5.32 Å². The Bertz CT molecular complexity index is 738. The normalized spacial score (nSPS) is 11.6. The van der Waals surface area contributed by atoms with Gasteiger partial charge >= 0.3 is 5.97 Å². The molecule has 0 saturated carbocycles. The molecule has 2 aromatic carbocycles. The third-order valence-corrected chi connectivity index (χ3v) is 3.90. The maximum Gasteiger partial charge on any atom is 0.326 e. The summed E-state index contributed by atoms with van der Waals surface area (Å²) in [4.78, 5) is 35.1. The van der Waals surface area contributed by atoms with Crippen molar-refractivity contribution in [2.24, 2.45) is 0 Å². The van der Waals surface area contributed by atoms with Gasteiger partial charge in [-0.25, -0.2) is 4.79 Å². The average Bonchev–Trinajstić information content (AvgIpc) is 2.63. The monoisotopic (exact) mass is 339 g/mol. The molecular weight excluding hydrogens is 318 g/mol. The van der Waals surface area contributed by atoms with Crippen molar-refractivity contribution in [3.8, 4) is 0 Å². The molecular formula is C20H21NO4. The van der Waals surface area contributed by atoms with Crippen LogP contribution in [0, 0.1) is 0 Å². The van der Waals surface area contributed by atoms with Crippen molar-refractivity contribution in [3.05, 3.63) is 71.3 Å². The second-order valence-corrected chi connectivity index (χ2v) is 5.82. The van der Waals surface area contributed by atoms with E-state index in [0.29, 0.717) is 18.4 Å². The maximum atomic E-state index is 12.1. The number of Topliss-reactive ketones (excluding diaryl/α,β-unsaturated/α-hetero) is 1. The Kier molecular flexibility index (Phi) is 6.46. The fraction of sp³-hybridized carbons (Fsp3) is 0.250. The zero-order valence-electron chi connectivity index (χ0n) is 14.1. The summed E-state index contributed by atoms with van der Waals surface area (Å²) in [5.41, 5.74) is 2.10. The molecule has 0 bridgehead atoms. The van der Waals surface area contributed by atoms with Crippen LogP contribution in [0.3, 0.4) is 0 Å². The van der Waals surface area contributed by atoms with E-state index in [1.807, 2.05) is 19.1 Å². The fourth-order valence-corrected chi connectivity index (χ4v) is 2.41. The number of hydrogen-bond donors (Lipinski definition) is 2. The van der Waals surface area contributed by atoms with E-state index in [-0.39, 0.29) is 12.2 Å². The lowest BCUT2D eigenvalue weighted by atomic mass is 10.0. The Balaban J connectivity index is 2.02. The summed E-state index contributed by atoms with van der Waals surface area (Å²) in [5.74, 6) is -1.35. The van der Waals surface area contributed by atoms with Crippen molar-refractivity contribution in [2.75, 3.05) is 0 Å². The van der Waals surface area contributed by atoms with E-state index in [4.69, 9.17) is 0 Å². The van der Waals surface area contributed by atoms with Gasteiger partial charge in [0.15, 0.2) is 0 Å². The second kappa shape index (κ2) is 8.78. The predicted octanol–water partition coefficient (Wildman–Crippen LogP) is 2.63. The van der Waals surface area contributed by atoms with Crippen molar-refractivity contribution < 1.29 is 19.5 Å². The van der Waals surface area contributed by atoms with Crippen molar-refractivity contribution in [1.82, 2.24) is 5.32 Å². The zero-order chi connectivity index (χ0) is 18.2. The number of carbonyl (C=O) groups is 3. The molecule has 0 spiro atoms. The summed E-state index contributed by atoms with van der Waals surface area (Å²) in [5, 5.41) is 11.9. The number of carboxylic acids is 1. The zero-order valence-corrected chi connectivity index (χ0v) is 14.1. The number of rotatable bonds is 8. The molecule has 0 aliphatic rings. The molecule has 0 aromatic heterocycles. The summed E-state index contributed by atoms with van der Waals surface area (Å²) in [7, 11) is 0. The molecule has 0 radical (unpaired) electrons. The van der Waals surface area contributed by atoms with Crippen LogP contribution >= 0.6 is 0 Å². The smallest absolute Gasteiger partial charge is 0.326 e. The van der Waals surface area contributed by atoms with Crippen molar-refractivity contribution in [2.45, 2.75) is 32.2 Å². The molecule has 130 valence electrons. The topological polar surface area (TPSA) is 83.5 Å². The molecule has 0 fully saturated rings. The van der Waals surface area contributed by atoms with Crippen LogP contribution in [0.15, 0.2) is 54.6 Å². The Morgan fingerprint density at radius 1 is 0.960 bits per heavy atom. The lowest BCUT2D eigenvalue weighted by molar-refractivity contribution is -0.139. The number of carboxylic acid groups (broad SMARTS) is 1. The Hall–Kier alpha value is -2.95. The van der Waals surface area contributed by atoms with Crippen LogP contribution in [0.4, 0.5) is 0 Å². The van der Waals surface area contributed by atoms with Gasteiger partial charge in [-0.3, -0.25) is 9.59 Å². The number of benzene rings is 2. The van der Waals surface area contributed by atoms with Gasteiger partial charge in [0.05, 0.1) is 0 Å². The minimum atomic E-state index is -1.09. The van der Waals surface area contributed by atoms with Gasteiger partial charge in [0, 0.05) is 24.8 Å². The minimum Gasteiger partial charge on any atom is -0.480 e. The number of aliphatic carboxylic acids is 1. The number of hydrogen-bond acceptors (Lipinski definition) is 3. The molecule has 0 heterocycles. The molecule has 0 aliphatic heterocycles. The second-order valence-electron chi connectivity index (χ2n) is 5.82. The maximum absolute atomic E-state index is 12.1. The van der Waals surface area contributed by atoms with E-state index in [0.717, 1.165) is 11.1 Å². The van der Waals surface area contributed by atoms with Crippen LogP contribution in [0.1, 0.15) is 34.8 Å². The highest BCUT2D eigenvalue weighted by atomic mass is 16.4. The average molecular weight is 339 g/mol. The van der Waals surface area contributed by atoms with Crippen LogP contribution in [0.2, 0.25) is 0 Å². The van der Waals surface area contributed by atoms with Crippen molar-refractivity contribution in [3.63, 3.8) is 0 Å². The number of carbonyl (C=O) groups excluding carboxylic acids is 2. The van der Waals surface area contributed by atoms with Gasteiger partial charge < -0.3 is 10.4 Å². The van der Waals surface area contributed by atoms with Crippen molar-refractivity contribution in [1.29, 1.82) is 0 Å². The molecule has 25 heavy (non-hydrogen) atoms. The lowest BCUT2D eigenvalue weighted by Crippen LogP contribution is -2.42. The van der Waals surface area contributed by atoms with Crippen LogP contribution < -0.4 is 5.32 Å². The molecule has 0 aliphatic carbocycles. The van der Waals surface area contributed by atoms with Crippen LogP contribution in [0.5, 0.6) is 0 Å². The largest absolute Gasteiger partial charge is 0.480 e. The highest BCUT2D eigenvalue weighted by Crippen LogP contribution is 2.10. The molecule has 2 N–H and O–H groups in total. The number of nitrogens with one attached hydrogen (secondary N) is 1. The minimum absolute atomic E-state index is 0.159. The van der Waals surface area contributed by atoms with Gasteiger partial charge in [-0.05, 0) is 23.3 Å². The van der Waals surface area contributed by atoms with Gasteiger partial charge in [-0.2, -0.15) is 0 Å². The Labute approximate surface area is 146 Å². The van der Waals surface area contributed by atoms with Crippen molar-refractivity contribution >= 4 is 17.7 Å². The van der Waals surface area contributed by atoms with E-state index in [1.54, 1.807) is 42.5 Å². The number of amides is 1.